The van der Waals surface area contributed by atoms with E-state index in [1.807, 2.05) is 0 Å². The third kappa shape index (κ3) is 2.54. The standard InChI is InChI=1S/C14H16N2O3/c17-11-6-10(7-12(18)8-11)14-15-13(16-19-14)9-4-2-1-3-5-9/h6-9,17-18H,1-5H2. The zero-order valence-corrected chi connectivity index (χ0v) is 10.5. The Balaban J connectivity index is 1.87. The molecule has 2 N–H and O–H groups in total. The first-order valence-electron chi connectivity index (χ1n) is 6.59. The Morgan fingerprint density at radius 1 is 1.00 bits per heavy atom. The average molecular weight is 260 g/mol. The molecule has 5 heteroatoms. The summed E-state index contributed by atoms with van der Waals surface area (Å²) < 4.78 is 5.23. The van der Waals surface area contributed by atoms with E-state index in [1.54, 1.807) is 0 Å². The van der Waals surface area contributed by atoms with Crippen molar-refractivity contribution in [3.8, 4) is 23.0 Å². The van der Waals surface area contributed by atoms with Gasteiger partial charge in [-0.25, -0.2) is 0 Å². The molecule has 0 saturated heterocycles. The summed E-state index contributed by atoms with van der Waals surface area (Å²) in [7, 11) is 0. The van der Waals surface area contributed by atoms with Crippen molar-refractivity contribution in [1.82, 2.24) is 10.1 Å². The molecule has 1 saturated carbocycles. The molecule has 19 heavy (non-hydrogen) atoms. The number of aromatic hydroxyl groups is 2. The molecule has 1 fully saturated rings. The Morgan fingerprint density at radius 2 is 1.68 bits per heavy atom. The van der Waals surface area contributed by atoms with Crippen molar-refractivity contribution < 1.29 is 14.7 Å². The lowest BCUT2D eigenvalue weighted by Crippen LogP contribution is -2.06. The molecule has 1 aliphatic carbocycles. The van der Waals surface area contributed by atoms with Crippen LogP contribution in [0.4, 0.5) is 0 Å². The second kappa shape index (κ2) is 4.91. The third-order valence-corrected chi connectivity index (χ3v) is 3.56. The molecule has 1 aliphatic rings. The zero-order valence-electron chi connectivity index (χ0n) is 10.5. The predicted molar refractivity (Wildman–Crippen MR) is 68.9 cm³/mol. The number of rotatable bonds is 2. The third-order valence-electron chi connectivity index (χ3n) is 3.56. The van der Waals surface area contributed by atoms with Gasteiger partial charge in [0, 0.05) is 17.5 Å². The van der Waals surface area contributed by atoms with Crippen molar-refractivity contribution in [2.45, 2.75) is 38.0 Å². The van der Waals surface area contributed by atoms with Crippen LogP contribution in [0.3, 0.4) is 0 Å². The van der Waals surface area contributed by atoms with Crippen molar-refractivity contribution in [1.29, 1.82) is 0 Å². The van der Waals surface area contributed by atoms with Crippen LogP contribution in [0.5, 0.6) is 11.5 Å². The van der Waals surface area contributed by atoms with Gasteiger partial charge in [-0.1, -0.05) is 24.4 Å². The van der Waals surface area contributed by atoms with E-state index in [2.05, 4.69) is 10.1 Å². The topological polar surface area (TPSA) is 79.4 Å². The van der Waals surface area contributed by atoms with E-state index in [1.165, 1.54) is 37.5 Å². The molecular weight excluding hydrogens is 244 g/mol. The van der Waals surface area contributed by atoms with E-state index in [0.717, 1.165) is 18.7 Å². The van der Waals surface area contributed by atoms with Crippen LogP contribution in [-0.2, 0) is 0 Å². The highest BCUT2D eigenvalue weighted by molar-refractivity contribution is 5.58. The largest absolute Gasteiger partial charge is 0.508 e. The van der Waals surface area contributed by atoms with Crippen LogP contribution in [0.25, 0.3) is 11.5 Å². The summed E-state index contributed by atoms with van der Waals surface area (Å²) in [5, 5.41) is 22.9. The second-order valence-corrected chi connectivity index (χ2v) is 5.03. The highest BCUT2D eigenvalue weighted by Crippen LogP contribution is 2.33. The van der Waals surface area contributed by atoms with E-state index >= 15 is 0 Å². The van der Waals surface area contributed by atoms with E-state index in [-0.39, 0.29) is 11.5 Å². The molecule has 1 aromatic carbocycles. The van der Waals surface area contributed by atoms with Crippen molar-refractivity contribution in [2.75, 3.05) is 0 Å². The first-order chi connectivity index (χ1) is 9.22. The highest BCUT2D eigenvalue weighted by atomic mass is 16.5. The monoisotopic (exact) mass is 260 g/mol. The fraction of sp³-hybridized carbons (Fsp3) is 0.429. The summed E-state index contributed by atoms with van der Waals surface area (Å²) in [6.07, 6.45) is 5.90. The predicted octanol–water partition coefficient (Wildman–Crippen LogP) is 3.20. The van der Waals surface area contributed by atoms with Gasteiger partial charge in [-0.2, -0.15) is 4.98 Å². The maximum absolute atomic E-state index is 9.46. The van der Waals surface area contributed by atoms with Gasteiger partial charge in [0.25, 0.3) is 5.89 Å². The summed E-state index contributed by atoms with van der Waals surface area (Å²) in [4.78, 5) is 4.39. The summed E-state index contributed by atoms with van der Waals surface area (Å²) in [5.41, 5.74) is 0.534. The second-order valence-electron chi connectivity index (χ2n) is 5.03. The van der Waals surface area contributed by atoms with E-state index in [0.29, 0.717) is 17.4 Å². The van der Waals surface area contributed by atoms with Crippen LogP contribution in [0.15, 0.2) is 22.7 Å². The molecule has 5 nitrogen and oxygen atoms in total. The zero-order chi connectivity index (χ0) is 13.2. The number of nitrogens with zero attached hydrogens (tertiary/aromatic N) is 2. The molecule has 1 heterocycles. The molecular formula is C14H16N2O3. The molecule has 0 unspecified atom stereocenters. The van der Waals surface area contributed by atoms with Crippen LogP contribution in [0.2, 0.25) is 0 Å². The van der Waals surface area contributed by atoms with Crippen LogP contribution in [0, 0.1) is 0 Å². The molecule has 0 amide bonds. The summed E-state index contributed by atoms with van der Waals surface area (Å²) in [6, 6.07) is 4.26. The van der Waals surface area contributed by atoms with Gasteiger partial charge in [0.2, 0.25) is 0 Å². The minimum Gasteiger partial charge on any atom is -0.508 e. The van der Waals surface area contributed by atoms with Crippen LogP contribution in [0.1, 0.15) is 43.8 Å². The Morgan fingerprint density at radius 3 is 2.37 bits per heavy atom. The molecule has 3 rings (SSSR count). The molecule has 0 aliphatic heterocycles. The molecule has 0 bridgehead atoms. The average Bonchev–Trinajstić information content (AvgIpc) is 2.88. The maximum Gasteiger partial charge on any atom is 0.258 e. The minimum atomic E-state index is -0.0209. The van der Waals surface area contributed by atoms with Crippen LogP contribution < -0.4 is 0 Å². The molecule has 100 valence electrons. The summed E-state index contributed by atoms with van der Waals surface area (Å²) in [6.45, 7) is 0. The molecule has 0 atom stereocenters. The van der Waals surface area contributed by atoms with Gasteiger partial charge in [0.05, 0.1) is 0 Å². The van der Waals surface area contributed by atoms with E-state index in [4.69, 9.17) is 4.52 Å². The van der Waals surface area contributed by atoms with Crippen molar-refractivity contribution >= 4 is 0 Å². The SMILES string of the molecule is Oc1cc(O)cc(-c2nc(C3CCCCC3)no2)c1. The molecule has 1 aromatic heterocycles. The molecule has 2 aromatic rings. The van der Waals surface area contributed by atoms with Crippen molar-refractivity contribution in [2.24, 2.45) is 0 Å². The summed E-state index contributed by atoms with van der Waals surface area (Å²) in [5.74, 6) is 1.40. The number of phenolic OH excluding ortho intramolecular Hbond substituents is 2. The normalized spacial score (nSPS) is 16.6. The number of aromatic nitrogens is 2. The van der Waals surface area contributed by atoms with Gasteiger partial charge in [-0.3, -0.25) is 0 Å². The van der Waals surface area contributed by atoms with Gasteiger partial charge in [-0.15, -0.1) is 0 Å². The molecule has 0 radical (unpaired) electrons. The van der Waals surface area contributed by atoms with Gasteiger partial charge >= 0.3 is 0 Å². The highest BCUT2D eigenvalue weighted by Gasteiger charge is 2.21. The van der Waals surface area contributed by atoms with Crippen molar-refractivity contribution in [3.05, 3.63) is 24.0 Å². The Labute approximate surface area is 110 Å². The lowest BCUT2D eigenvalue weighted by Gasteiger charge is -2.17. The minimum absolute atomic E-state index is 0.0209. The number of benzene rings is 1. The maximum atomic E-state index is 9.46. The molecule has 0 spiro atoms. The smallest absolute Gasteiger partial charge is 0.258 e. The first-order valence-corrected chi connectivity index (χ1v) is 6.59. The van der Waals surface area contributed by atoms with Gasteiger partial charge < -0.3 is 14.7 Å². The van der Waals surface area contributed by atoms with E-state index < -0.39 is 0 Å². The Bertz CT molecular complexity index is 554. The number of hydrogen-bond acceptors (Lipinski definition) is 5. The Hall–Kier alpha value is -2.04. The van der Waals surface area contributed by atoms with Crippen molar-refractivity contribution in [3.63, 3.8) is 0 Å². The number of hydrogen-bond donors (Lipinski definition) is 2. The fourth-order valence-electron chi connectivity index (χ4n) is 2.60. The Kier molecular flexibility index (Phi) is 3.11. The van der Waals surface area contributed by atoms with E-state index in [9.17, 15) is 10.2 Å². The van der Waals surface area contributed by atoms with Crippen LogP contribution in [-0.4, -0.2) is 20.4 Å². The van der Waals surface area contributed by atoms with Gasteiger partial charge in [0.15, 0.2) is 5.82 Å². The number of phenols is 2. The quantitative estimate of drug-likeness (QED) is 0.866. The lowest BCUT2D eigenvalue weighted by molar-refractivity contribution is 0.385. The van der Waals surface area contributed by atoms with Gasteiger partial charge in [-0.05, 0) is 25.0 Å². The van der Waals surface area contributed by atoms with Gasteiger partial charge in [0.1, 0.15) is 11.5 Å². The fourth-order valence-corrected chi connectivity index (χ4v) is 2.60. The lowest BCUT2D eigenvalue weighted by atomic mass is 9.89. The van der Waals surface area contributed by atoms with Crippen LogP contribution >= 0.6 is 0 Å². The summed E-state index contributed by atoms with van der Waals surface area (Å²) >= 11 is 0. The first kappa shape index (κ1) is 12.0.